The Kier molecular flexibility index (Phi) is 1.36. The van der Waals surface area contributed by atoms with E-state index in [0.717, 1.165) is 13.2 Å². The van der Waals surface area contributed by atoms with Gasteiger partial charge in [0.1, 0.15) is 0 Å². The molecule has 0 N–H and O–H groups in total. The monoisotopic (exact) mass is 192 g/mol. The smallest absolute Gasteiger partial charge is 0.222 e. The molecule has 4 nitrogen and oxygen atoms in total. The normalized spacial score (nSPS) is 21.5. The molecule has 1 spiro atoms. The van der Waals surface area contributed by atoms with Gasteiger partial charge in [0.25, 0.3) is 0 Å². The predicted octanol–water partition coefficient (Wildman–Crippen LogP) is 1.26. The Morgan fingerprint density at radius 2 is 2.43 bits per heavy atom. The Bertz CT molecular complexity index is 404. The van der Waals surface area contributed by atoms with Crippen LogP contribution in [0.1, 0.15) is 30.1 Å². The van der Waals surface area contributed by atoms with E-state index in [1.165, 1.54) is 12.8 Å². The molecular formula is C10H12N2O2. The largest absolute Gasteiger partial charge is 0.477 e. The van der Waals surface area contributed by atoms with Crippen molar-refractivity contribution < 1.29 is 9.53 Å². The van der Waals surface area contributed by atoms with Crippen LogP contribution in [0.2, 0.25) is 0 Å². The molecule has 4 heteroatoms. The van der Waals surface area contributed by atoms with Crippen LogP contribution in [0.4, 0.5) is 0 Å². The van der Waals surface area contributed by atoms with Gasteiger partial charge in [-0.15, -0.1) is 0 Å². The fourth-order valence-electron chi connectivity index (χ4n) is 1.94. The average molecular weight is 192 g/mol. The summed E-state index contributed by atoms with van der Waals surface area (Å²) < 4.78 is 7.44. The summed E-state index contributed by atoms with van der Waals surface area (Å²) in [4.78, 5) is 11.2. The van der Waals surface area contributed by atoms with E-state index in [1.807, 2.05) is 4.68 Å². The first kappa shape index (κ1) is 8.03. The summed E-state index contributed by atoms with van der Waals surface area (Å²) in [5.74, 6) is 0.688. The lowest BCUT2D eigenvalue weighted by Gasteiger charge is -2.23. The maximum atomic E-state index is 11.2. The van der Waals surface area contributed by atoms with Gasteiger partial charge in [-0.3, -0.25) is 4.79 Å². The molecule has 74 valence electrons. The lowest BCUT2D eigenvalue weighted by Crippen LogP contribution is -2.27. The van der Waals surface area contributed by atoms with Gasteiger partial charge in [0.05, 0.1) is 24.9 Å². The zero-order chi connectivity index (χ0) is 9.76. The number of hydrogen-bond acceptors (Lipinski definition) is 3. The summed E-state index contributed by atoms with van der Waals surface area (Å²) in [6.07, 6.45) is 4.06. The van der Waals surface area contributed by atoms with Gasteiger partial charge < -0.3 is 4.74 Å². The van der Waals surface area contributed by atoms with Crippen molar-refractivity contribution in [2.24, 2.45) is 5.41 Å². The van der Waals surface area contributed by atoms with E-state index in [2.05, 4.69) is 5.10 Å². The van der Waals surface area contributed by atoms with E-state index in [-0.39, 0.29) is 5.78 Å². The highest BCUT2D eigenvalue weighted by Gasteiger charge is 2.47. The molecule has 1 aromatic heterocycles. The Morgan fingerprint density at radius 3 is 3.07 bits per heavy atom. The van der Waals surface area contributed by atoms with Crippen molar-refractivity contribution in [1.82, 2.24) is 9.78 Å². The molecule has 1 fully saturated rings. The molecule has 1 saturated carbocycles. The third-order valence-electron chi connectivity index (χ3n) is 3.13. The van der Waals surface area contributed by atoms with E-state index in [9.17, 15) is 4.79 Å². The van der Waals surface area contributed by atoms with Crippen LogP contribution in [0.5, 0.6) is 5.88 Å². The van der Waals surface area contributed by atoms with Crippen molar-refractivity contribution in [3.05, 3.63) is 11.8 Å². The molecule has 2 heterocycles. The highest BCUT2D eigenvalue weighted by molar-refractivity contribution is 5.96. The van der Waals surface area contributed by atoms with Crippen molar-refractivity contribution in [2.45, 2.75) is 26.3 Å². The Morgan fingerprint density at radius 1 is 1.64 bits per heavy atom. The highest BCUT2D eigenvalue weighted by Crippen LogP contribution is 2.50. The second kappa shape index (κ2) is 2.38. The zero-order valence-electron chi connectivity index (χ0n) is 8.12. The number of carbonyl (C=O) groups excluding carboxylic acids is 1. The highest BCUT2D eigenvalue weighted by atomic mass is 16.5. The van der Waals surface area contributed by atoms with Crippen LogP contribution in [0.25, 0.3) is 0 Å². The van der Waals surface area contributed by atoms with E-state index < -0.39 is 0 Å². The minimum atomic E-state index is 0.0259. The molecule has 0 aromatic carbocycles. The van der Waals surface area contributed by atoms with Gasteiger partial charge in [0.2, 0.25) is 5.88 Å². The number of carbonyl (C=O) groups is 1. The van der Waals surface area contributed by atoms with Gasteiger partial charge in [0.15, 0.2) is 5.78 Å². The standard InChI is InChI=1S/C10H12N2O2/c1-7(13)8-4-11-12-5-10(2-3-10)6-14-9(8)12/h4H,2-3,5-6H2,1H3. The molecule has 0 radical (unpaired) electrons. The summed E-state index contributed by atoms with van der Waals surface area (Å²) in [6.45, 7) is 3.21. The first-order valence-corrected chi connectivity index (χ1v) is 4.90. The molecule has 0 amide bonds. The molecule has 2 aliphatic rings. The van der Waals surface area contributed by atoms with E-state index >= 15 is 0 Å². The van der Waals surface area contributed by atoms with Gasteiger partial charge in [-0.05, 0) is 19.8 Å². The predicted molar refractivity (Wildman–Crippen MR) is 49.4 cm³/mol. The van der Waals surface area contributed by atoms with Crippen molar-refractivity contribution in [3.63, 3.8) is 0 Å². The van der Waals surface area contributed by atoms with Crippen LogP contribution in [0.15, 0.2) is 6.20 Å². The van der Waals surface area contributed by atoms with Crippen LogP contribution in [-0.4, -0.2) is 22.2 Å². The number of Topliss-reactive ketones (excluding diaryl/α,β-unsaturated/α-hetero) is 1. The van der Waals surface area contributed by atoms with Gasteiger partial charge in [0, 0.05) is 5.41 Å². The number of ether oxygens (including phenoxy) is 1. The molecule has 0 atom stereocenters. The fraction of sp³-hybridized carbons (Fsp3) is 0.600. The third-order valence-corrected chi connectivity index (χ3v) is 3.13. The van der Waals surface area contributed by atoms with Crippen LogP contribution in [-0.2, 0) is 6.54 Å². The minimum Gasteiger partial charge on any atom is -0.477 e. The van der Waals surface area contributed by atoms with Crippen LogP contribution < -0.4 is 4.74 Å². The maximum absolute atomic E-state index is 11.2. The average Bonchev–Trinajstić information content (AvgIpc) is 2.77. The third kappa shape index (κ3) is 0.997. The number of hydrogen-bond donors (Lipinski definition) is 0. The second-order valence-electron chi connectivity index (χ2n) is 4.37. The Hall–Kier alpha value is -1.32. The lowest BCUT2D eigenvalue weighted by molar-refractivity contribution is 0.0997. The number of ketones is 1. The van der Waals surface area contributed by atoms with Crippen molar-refractivity contribution in [1.29, 1.82) is 0 Å². The first-order chi connectivity index (χ1) is 6.70. The van der Waals surface area contributed by atoms with Gasteiger partial charge >= 0.3 is 0 Å². The van der Waals surface area contributed by atoms with Crippen molar-refractivity contribution in [3.8, 4) is 5.88 Å². The Balaban J connectivity index is 2.00. The van der Waals surface area contributed by atoms with E-state index in [1.54, 1.807) is 13.1 Å². The molecule has 1 aliphatic heterocycles. The lowest BCUT2D eigenvalue weighted by atomic mass is 10.1. The van der Waals surface area contributed by atoms with Gasteiger partial charge in [-0.1, -0.05) is 0 Å². The summed E-state index contributed by atoms with van der Waals surface area (Å²) in [5.41, 5.74) is 0.952. The maximum Gasteiger partial charge on any atom is 0.222 e. The molecule has 0 saturated heterocycles. The van der Waals surface area contributed by atoms with Crippen LogP contribution >= 0.6 is 0 Å². The van der Waals surface area contributed by atoms with Gasteiger partial charge in [-0.2, -0.15) is 5.10 Å². The molecule has 14 heavy (non-hydrogen) atoms. The molecular weight excluding hydrogens is 180 g/mol. The van der Waals surface area contributed by atoms with Crippen LogP contribution in [0.3, 0.4) is 0 Å². The molecule has 0 unspecified atom stereocenters. The number of nitrogens with zero attached hydrogens (tertiary/aromatic N) is 2. The molecule has 1 aliphatic carbocycles. The van der Waals surface area contributed by atoms with E-state index in [4.69, 9.17) is 4.74 Å². The first-order valence-electron chi connectivity index (χ1n) is 4.90. The van der Waals surface area contributed by atoms with E-state index in [0.29, 0.717) is 16.9 Å². The zero-order valence-corrected chi connectivity index (χ0v) is 8.12. The molecule has 0 bridgehead atoms. The Labute approximate surface area is 81.9 Å². The van der Waals surface area contributed by atoms with Crippen molar-refractivity contribution in [2.75, 3.05) is 6.61 Å². The SMILES string of the molecule is CC(=O)c1cnn2c1OCC1(CC1)C2. The summed E-state index contributed by atoms with van der Waals surface area (Å²) >= 11 is 0. The molecule has 3 rings (SSSR count). The molecule has 1 aromatic rings. The fourth-order valence-corrected chi connectivity index (χ4v) is 1.94. The topological polar surface area (TPSA) is 44.1 Å². The van der Waals surface area contributed by atoms with Gasteiger partial charge in [-0.25, -0.2) is 4.68 Å². The summed E-state index contributed by atoms with van der Waals surface area (Å²) in [6, 6.07) is 0. The van der Waals surface area contributed by atoms with Crippen molar-refractivity contribution >= 4 is 5.78 Å². The number of fused-ring (bicyclic) bond motifs is 1. The summed E-state index contributed by atoms with van der Waals surface area (Å²) in [7, 11) is 0. The number of rotatable bonds is 1. The quantitative estimate of drug-likeness (QED) is 0.629. The summed E-state index contributed by atoms with van der Waals surface area (Å²) in [5, 5.41) is 4.18. The number of aromatic nitrogens is 2. The minimum absolute atomic E-state index is 0.0259. The second-order valence-corrected chi connectivity index (χ2v) is 4.37. The van der Waals surface area contributed by atoms with Crippen LogP contribution in [0, 0.1) is 5.41 Å².